The van der Waals surface area contributed by atoms with Crippen LogP contribution in [0.1, 0.15) is 0 Å². The standard InChI is InChI=1S/C12H17BrFN3O3S/c1-17-2-3-20-8(7-17)6-16-21(18,19)12-4-9(13)10(14)5-11(12)15/h4-5,8,16H,2-3,6-7,15H2,1H3. The zero-order valence-electron chi connectivity index (χ0n) is 11.5. The molecule has 2 rings (SSSR count). The number of sulfonamides is 1. The largest absolute Gasteiger partial charge is 0.398 e. The van der Waals surface area contributed by atoms with Crippen LogP contribution in [-0.2, 0) is 14.8 Å². The van der Waals surface area contributed by atoms with Crippen molar-refractivity contribution in [1.29, 1.82) is 0 Å². The van der Waals surface area contributed by atoms with Crippen molar-refractivity contribution in [2.24, 2.45) is 0 Å². The highest BCUT2D eigenvalue weighted by Crippen LogP contribution is 2.26. The number of rotatable bonds is 4. The van der Waals surface area contributed by atoms with Crippen LogP contribution in [-0.4, -0.2) is 52.7 Å². The van der Waals surface area contributed by atoms with Crippen molar-refractivity contribution in [2.45, 2.75) is 11.0 Å². The van der Waals surface area contributed by atoms with Gasteiger partial charge in [-0.05, 0) is 35.1 Å². The molecule has 0 aromatic heterocycles. The van der Waals surface area contributed by atoms with Crippen molar-refractivity contribution in [3.63, 3.8) is 0 Å². The number of nitrogens with one attached hydrogen (secondary N) is 1. The first-order valence-electron chi connectivity index (χ1n) is 6.34. The number of halogens is 2. The molecule has 21 heavy (non-hydrogen) atoms. The second-order valence-electron chi connectivity index (χ2n) is 4.91. The molecule has 3 N–H and O–H groups in total. The monoisotopic (exact) mass is 381 g/mol. The summed E-state index contributed by atoms with van der Waals surface area (Å²) in [6, 6.07) is 2.13. The van der Waals surface area contributed by atoms with Gasteiger partial charge in [-0.1, -0.05) is 0 Å². The molecule has 1 aliphatic rings. The van der Waals surface area contributed by atoms with Crippen molar-refractivity contribution in [3.8, 4) is 0 Å². The van der Waals surface area contributed by atoms with Crippen LogP contribution in [0, 0.1) is 5.82 Å². The van der Waals surface area contributed by atoms with Crippen LogP contribution in [0.4, 0.5) is 10.1 Å². The highest BCUT2D eigenvalue weighted by atomic mass is 79.9. The van der Waals surface area contributed by atoms with Gasteiger partial charge in [0.05, 0.1) is 22.9 Å². The fraction of sp³-hybridized carbons (Fsp3) is 0.500. The van der Waals surface area contributed by atoms with Gasteiger partial charge in [-0.3, -0.25) is 0 Å². The summed E-state index contributed by atoms with van der Waals surface area (Å²) in [5, 5.41) is 0. The van der Waals surface area contributed by atoms with E-state index in [0.29, 0.717) is 13.2 Å². The number of nitrogen functional groups attached to an aromatic ring is 1. The van der Waals surface area contributed by atoms with E-state index in [-0.39, 0.29) is 27.7 Å². The highest BCUT2D eigenvalue weighted by Gasteiger charge is 2.23. The topological polar surface area (TPSA) is 84.7 Å². The molecular formula is C12H17BrFN3O3S. The van der Waals surface area contributed by atoms with Crippen LogP contribution in [0.15, 0.2) is 21.5 Å². The van der Waals surface area contributed by atoms with Gasteiger partial charge in [-0.25, -0.2) is 17.5 Å². The van der Waals surface area contributed by atoms with Crippen LogP contribution >= 0.6 is 15.9 Å². The molecule has 0 aliphatic carbocycles. The van der Waals surface area contributed by atoms with Crippen LogP contribution in [0.25, 0.3) is 0 Å². The molecule has 118 valence electrons. The minimum atomic E-state index is -3.82. The predicted octanol–water partition coefficient (Wildman–Crippen LogP) is 0.779. The van der Waals surface area contributed by atoms with Crippen molar-refractivity contribution >= 4 is 31.6 Å². The molecule has 1 aromatic carbocycles. The molecule has 0 bridgehead atoms. The number of nitrogens with two attached hydrogens (primary N) is 1. The number of likely N-dealkylation sites (N-methyl/N-ethyl adjacent to an activating group) is 1. The summed E-state index contributed by atoms with van der Waals surface area (Å²) >= 11 is 2.95. The number of ether oxygens (including phenoxy) is 1. The molecule has 1 heterocycles. The summed E-state index contributed by atoms with van der Waals surface area (Å²) in [4.78, 5) is 1.91. The van der Waals surface area contributed by atoms with Gasteiger partial charge in [-0.15, -0.1) is 0 Å². The summed E-state index contributed by atoms with van der Waals surface area (Å²) in [7, 11) is -1.87. The Balaban J connectivity index is 2.10. The van der Waals surface area contributed by atoms with Crippen LogP contribution < -0.4 is 10.5 Å². The molecule has 0 spiro atoms. The quantitative estimate of drug-likeness (QED) is 0.752. The first-order chi connectivity index (χ1) is 9.79. The number of hydrogen-bond donors (Lipinski definition) is 2. The smallest absolute Gasteiger partial charge is 0.242 e. The zero-order chi connectivity index (χ0) is 15.6. The van der Waals surface area contributed by atoms with Crippen molar-refractivity contribution < 1.29 is 17.5 Å². The maximum Gasteiger partial charge on any atom is 0.242 e. The Labute approximate surface area is 131 Å². The van der Waals surface area contributed by atoms with Gasteiger partial charge in [0.15, 0.2) is 0 Å². The third kappa shape index (κ3) is 4.13. The molecule has 0 saturated carbocycles. The van der Waals surface area contributed by atoms with Crippen LogP contribution in [0.3, 0.4) is 0 Å². The first-order valence-corrected chi connectivity index (χ1v) is 8.61. The Bertz CT molecular complexity index is 626. The Morgan fingerprint density at radius 1 is 1.57 bits per heavy atom. The van der Waals surface area contributed by atoms with Gasteiger partial charge in [0, 0.05) is 19.6 Å². The number of hydrogen-bond acceptors (Lipinski definition) is 5. The fourth-order valence-electron chi connectivity index (χ4n) is 2.05. The number of morpholine rings is 1. The summed E-state index contributed by atoms with van der Waals surface area (Å²) in [5.41, 5.74) is 5.45. The lowest BCUT2D eigenvalue weighted by Gasteiger charge is -2.30. The van der Waals surface area contributed by atoms with E-state index < -0.39 is 15.8 Å². The third-order valence-electron chi connectivity index (χ3n) is 3.19. The Kier molecular flexibility index (Phi) is 5.20. The molecule has 9 heteroatoms. The number of anilines is 1. The van der Waals surface area contributed by atoms with E-state index in [0.717, 1.165) is 18.7 Å². The van der Waals surface area contributed by atoms with E-state index in [1.54, 1.807) is 0 Å². The fourth-order valence-corrected chi connectivity index (χ4v) is 3.75. The van der Waals surface area contributed by atoms with Crippen LogP contribution in [0.2, 0.25) is 0 Å². The minimum absolute atomic E-state index is 0.0470. The Hall–Kier alpha value is -0.740. The van der Waals surface area contributed by atoms with E-state index >= 15 is 0 Å². The summed E-state index contributed by atoms with van der Waals surface area (Å²) in [5.74, 6) is -0.608. The lowest BCUT2D eigenvalue weighted by atomic mass is 10.3. The van der Waals surface area contributed by atoms with Gasteiger partial charge < -0.3 is 15.4 Å². The molecule has 6 nitrogen and oxygen atoms in total. The molecule has 0 radical (unpaired) electrons. The van der Waals surface area contributed by atoms with Gasteiger partial charge in [0.1, 0.15) is 10.7 Å². The maximum atomic E-state index is 13.3. The van der Waals surface area contributed by atoms with Gasteiger partial charge >= 0.3 is 0 Å². The van der Waals surface area contributed by atoms with Gasteiger partial charge in [0.2, 0.25) is 10.0 Å². The van der Waals surface area contributed by atoms with E-state index in [1.165, 1.54) is 0 Å². The molecule has 1 unspecified atom stereocenters. The van der Waals surface area contributed by atoms with E-state index in [4.69, 9.17) is 10.5 Å². The van der Waals surface area contributed by atoms with Crippen molar-refractivity contribution in [1.82, 2.24) is 9.62 Å². The highest BCUT2D eigenvalue weighted by molar-refractivity contribution is 9.10. The lowest BCUT2D eigenvalue weighted by molar-refractivity contribution is -0.0156. The molecule has 1 aromatic rings. The SMILES string of the molecule is CN1CCOC(CNS(=O)(=O)c2cc(Br)c(F)cc2N)C1. The predicted molar refractivity (Wildman–Crippen MR) is 80.9 cm³/mol. The summed E-state index contributed by atoms with van der Waals surface area (Å²) in [6.45, 7) is 2.17. The minimum Gasteiger partial charge on any atom is -0.398 e. The maximum absolute atomic E-state index is 13.3. The molecule has 1 atom stereocenters. The molecular weight excluding hydrogens is 365 g/mol. The van der Waals surface area contributed by atoms with Crippen molar-refractivity contribution in [2.75, 3.05) is 39.0 Å². The molecule has 0 amide bonds. The molecule has 1 aliphatic heterocycles. The third-order valence-corrected chi connectivity index (χ3v) is 5.27. The Morgan fingerprint density at radius 3 is 2.95 bits per heavy atom. The number of nitrogens with zero attached hydrogens (tertiary/aromatic N) is 1. The van der Waals surface area contributed by atoms with Gasteiger partial charge in [0.25, 0.3) is 0 Å². The normalized spacial score (nSPS) is 20.6. The first kappa shape index (κ1) is 16.6. The second-order valence-corrected chi connectivity index (χ2v) is 7.50. The number of benzene rings is 1. The summed E-state index contributed by atoms with van der Waals surface area (Å²) in [6.07, 6.45) is -0.219. The van der Waals surface area contributed by atoms with E-state index in [2.05, 4.69) is 25.6 Å². The van der Waals surface area contributed by atoms with Crippen molar-refractivity contribution in [3.05, 3.63) is 22.4 Å². The molecule has 1 saturated heterocycles. The Morgan fingerprint density at radius 2 is 2.29 bits per heavy atom. The average Bonchev–Trinajstić information content (AvgIpc) is 2.41. The van der Waals surface area contributed by atoms with Crippen LogP contribution in [0.5, 0.6) is 0 Å². The van der Waals surface area contributed by atoms with E-state index in [9.17, 15) is 12.8 Å². The van der Waals surface area contributed by atoms with Gasteiger partial charge in [-0.2, -0.15) is 0 Å². The average molecular weight is 382 g/mol. The zero-order valence-corrected chi connectivity index (χ0v) is 13.9. The van der Waals surface area contributed by atoms with E-state index in [1.807, 2.05) is 7.05 Å². The lowest BCUT2D eigenvalue weighted by Crippen LogP contribution is -2.45. The summed E-state index contributed by atoms with van der Waals surface area (Å²) < 4.78 is 45.8. The second kappa shape index (κ2) is 6.57. The molecule has 1 fully saturated rings.